The largest absolute Gasteiger partial charge is 0.494 e. The Bertz CT molecular complexity index is 884. The summed E-state index contributed by atoms with van der Waals surface area (Å²) in [6.45, 7) is 5.31. The van der Waals surface area contributed by atoms with E-state index in [0.717, 1.165) is 23.5 Å². The van der Waals surface area contributed by atoms with E-state index in [0.29, 0.717) is 25.2 Å². The highest BCUT2D eigenvalue weighted by Crippen LogP contribution is 2.30. The molecule has 0 bridgehead atoms. The number of hydrogen-bond acceptors (Lipinski definition) is 5. The summed E-state index contributed by atoms with van der Waals surface area (Å²) >= 11 is 1.56. The maximum atomic E-state index is 14.0. The lowest BCUT2D eigenvalue weighted by atomic mass is 9.98. The normalized spacial score (nSPS) is 16.7. The molecule has 1 aromatic heterocycles. The van der Waals surface area contributed by atoms with Gasteiger partial charge >= 0.3 is 0 Å². The Labute approximate surface area is 174 Å². The fourth-order valence-electron chi connectivity index (χ4n) is 3.32. The second kappa shape index (κ2) is 9.35. The summed E-state index contributed by atoms with van der Waals surface area (Å²) in [7, 11) is 1.39. The molecule has 1 fully saturated rings. The van der Waals surface area contributed by atoms with Gasteiger partial charge in [0, 0.05) is 35.9 Å². The zero-order valence-corrected chi connectivity index (χ0v) is 17.7. The van der Waals surface area contributed by atoms with E-state index < -0.39 is 5.82 Å². The average Bonchev–Trinajstić information content (AvgIpc) is 3.20. The van der Waals surface area contributed by atoms with Crippen LogP contribution < -0.4 is 10.1 Å². The average molecular weight is 420 g/mol. The highest BCUT2D eigenvalue weighted by atomic mass is 32.1. The SMILES string of the molecule is COc1ccc(C(=O)N2CCC[C@H](c3nc(CNC(=O)C(C)C)cs3)C2)cc1F. The van der Waals surface area contributed by atoms with Gasteiger partial charge in [0.1, 0.15) is 0 Å². The second-order valence-corrected chi connectivity index (χ2v) is 8.38. The second-order valence-electron chi connectivity index (χ2n) is 7.49. The number of hydrogen-bond donors (Lipinski definition) is 1. The van der Waals surface area contributed by atoms with Crippen LogP contribution in [-0.2, 0) is 11.3 Å². The van der Waals surface area contributed by atoms with Crippen molar-refractivity contribution in [1.82, 2.24) is 15.2 Å². The molecule has 1 aliphatic rings. The summed E-state index contributed by atoms with van der Waals surface area (Å²) in [6.07, 6.45) is 1.82. The summed E-state index contributed by atoms with van der Waals surface area (Å²) in [5.74, 6) is -0.514. The number of thiazole rings is 1. The maximum Gasteiger partial charge on any atom is 0.253 e. The van der Waals surface area contributed by atoms with Crippen molar-refractivity contribution in [2.75, 3.05) is 20.2 Å². The van der Waals surface area contributed by atoms with E-state index in [-0.39, 0.29) is 29.4 Å². The summed E-state index contributed by atoms with van der Waals surface area (Å²) in [4.78, 5) is 31.0. The molecule has 8 heteroatoms. The molecule has 0 unspecified atom stereocenters. The minimum atomic E-state index is -0.542. The first-order valence-corrected chi connectivity index (χ1v) is 10.6. The van der Waals surface area contributed by atoms with Gasteiger partial charge in [0.05, 0.1) is 24.4 Å². The van der Waals surface area contributed by atoms with Crippen LogP contribution in [0.1, 0.15) is 53.7 Å². The van der Waals surface area contributed by atoms with Gasteiger partial charge in [0.15, 0.2) is 11.6 Å². The van der Waals surface area contributed by atoms with E-state index in [4.69, 9.17) is 4.74 Å². The van der Waals surface area contributed by atoms with E-state index in [1.165, 1.54) is 19.2 Å². The Morgan fingerprint density at radius 1 is 1.41 bits per heavy atom. The van der Waals surface area contributed by atoms with E-state index >= 15 is 0 Å². The van der Waals surface area contributed by atoms with Gasteiger partial charge in [0.2, 0.25) is 5.91 Å². The number of carbonyl (C=O) groups is 2. The van der Waals surface area contributed by atoms with Gasteiger partial charge in [-0.1, -0.05) is 13.8 Å². The lowest BCUT2D eigenvalue weighted by Gasteiger charge is -2.32. The topological polar surface area (TPSA) is 71.5 Å². The monoisotopic (exact) mass is 419 g/mol. The molecule has 3 rings (SSSR count). The molecule has 0 radical (unpaired) electrons. The standard InChI is InChI=1S/C21H26FN3O3S/c1-13(2)19(26)23-10-16-12-29-20(24-16)15-5-4-8-25(11-15)21(27)14-6-7-18(28-3)17(22)9-14/h6-7,9,12-13,15H,4-5,8,10-11H2,1-3H3,(H,23,26)/t15-/m0/s1. The van der Waals surface area contributed by atoms with E-state index in [1.807, 2.05) is 19.2 Å². The van der Waals surface area contributed by atoms with Crippen LogP contribution in [0.2, 0.25) is 0 Å². The van der Waals surface area contributed by atoms with Crippen LogP contribution in [0.4, 0.5) is 4.39 Å². The zero-order valence-electron chi connectivity index (χ0n) is 16.9. The number of ether oxygens (including phenoxy) is 1. The van der Waals surface area contributed by atoms with E-state index in [2.05, 4.69) is 10.3 Å². The van der Waals surface area contributed by atoms with E-state index in [1.54, 1.807) is 22.3 Å². The molecule has 2 amide bonds. The molecule has 1 N–H and O–H groups in total. The van der Waals surface area contributed by atoms with Crippen LogP contribution in [0, 0.1) is 11.7 Å². The molecule has 1 aromatic carbocycles. The van der Waals surface area contributed by atoms with Gasteiger partial charge in [-0.3, -0.25) is 9.59 Å². The highest BCUT2D eigenvalue weighted by molar-refractivity contribution is 7.09. The Hall–Kier alpha value is -2.48. The van der Waals surface area contributed by atoms with Crippen LogP contribution in [-0.4, -0.2) is 41.9 Å². The molecule has 2 heterocycles. The van der Waals surface area contributed by atoms with Crippen molar-refractivity contribution >= 4 is 23.2 Å². The molecule has 1 saturated heterocycles. The third-order valence-corrected chi connectivity index (χ3v) is 6.05. The number of nitrogens with zero attached hydrogens (tertiary/aromatic N) is 2. The van der Waals surface area contributed by atoms with Crippen molar-refractivity contribution in [3.8, 4) is 5.75 Å². The van der Waals surface area contributed by atoms with Crippen LogP contribution in [0.15, 0.2) is 23.6 Å². The molecule has 29 heavy (non-hydrogen) atoms. The number of aromatic nitrogens is 1. The van der Waals surface area contributed by atoms with Gasteiger partial charge < -0.3 is 15.0 Å². The van der Waals surface area contributed by atoms with Gasteiger partial charge in [-0.25, -0.2) is 9.37 Å². The fourth-order valence-corrected chi connectivity index (χ4v) is 4.27. The van der Waals surface area contributed by atoms with Crippen LogP contribution in [0.3, 0.4) is 0 Å². The van der Waals surface area contributed by atoms with Crippen molar-refractivity contribution in [3.63, 3.8) is 0 Å². The molecule has 1 atom stereocenters. The van der Waals surface area contributed by atoms with Crippen molar-refractivity contribution in [1.29, 1.82) is 0 Å². The lowest BCUT2D eigenvalue weighted by Crippen LogP contribution is -2.39. The Morgan fingerprint density at radius 3 is 2.90 bits per heavy atom. The third-order valence-electron chi connectivity index (χ3n) is 4.99. The van der Waals surface area contributed by atoms with Gasteiger partial charge in [-0.15, -0.1) is 11.3 Å². The van der Waals surface area contributed by atoms with Crippen molar-refractivity contribution in [2.24, 2.45) is 5.92 Å². The Balaban J connectivity index is 1.64. The van der Waals surface area contributed by atoms with Crippen LogP contribution in [0.25, 0.3) is 0 Å². The maximum absolute atomic E-state index is 14.0. The molecule has 2 aromatic rings. The molecular weight excluding hydrogens is 393 g/mol. The molecule has 0 spiro atoms. The highest BCUT2D eigenvalue weighted by Gasteiger charge is 2.27. The van der Waals surface area contributed by atoms with Gasteiger partial charge in [0.25, 0.3) is 5.91 Å². The number of amides is 2. The minimum absolute atomic E-state index is 0.000659. The molecule has 0 saturated carbocycles. The molecular formula is C21H26FN3O3S. The predicted molar refractivity (Wildman–Crippen MR) is 110 cm³/mol. The summed E-state index contributed by atoms with van der Waals surface area (Å²) in [5.41, 5.74) is 1.15. The number of nitrogens with one attached hydrogen (secondary N) is 1. The summed E-state index contributed by atoms with van der Waals surface area (Å²) in [5, 5.41) is 5.80. The quantitative estimate of drug-likeness (QED) is 0.777. The summed E-state index contributed by atoms with van der Waals surface area (Å²) in [6, 6.07) is 4.29. The fraction of sp³-hybridized carbons (Fsp3) is 0.476. The first kappa shape index (κ1) is 21.2. The van der Waals surface area contributed by atoms with Gasteiger partial charge in [-0.05, 0) is 31.0 Å². The molecule has 1 aliphatic heterocycles. The minimum Gasteiger partial charge on any atom is -0.494 e. The molecule has 6 nitrogen and oxygen atoms in total. The number of carbonyl (C=O) groups excluding carboxylic acids is 2. The number of likely N-dealkylation sites (tertiary alicyclic amines) is 1. The van der Waals surface area contributed by atoms with Crippen LogP contribution in [0.5, 0.6) is 5.75 Å². The number of halogens is 1. The van der Waals surface area contributed by atoms with Crippen molar-refractivity contribution in [2.45, 2.75) is 39.2 Å². The molecule has 156 valence electrons. The number of rotatable bonds is 6. The number of piperidine rings is 1. The van der Waals surface area contributed by atoms with Gasteiger partial charge in [-0.2, -0.15) is 0 Å². The third kappa shape index (κ3) is 5.12. The Morgan fingerprint density at radius 2 is 2.21 bits per heavy atom. The molecule has 0 aliphatic carbocycles. The van der Waals surface area contributed by atoms with Crippen molar-refractivity contribution < 1.29 is 18.7 Å². The lowest BCUT2D eigenvalue weighted by molar-refractivity contribution is -0.124. The zero-order chi connectivity index (χ0) is 21.0. The summed E-state index contributed by atoms with van der Waals surface area (Å²) < 4.78 is 18.9. The number of methoxy groups -OCH3 is 1. The first-order chi connectivity index (χ1) is 13.9. The predicted octanol–water partition coefficient (Wildman–Crippen LogP) is 3.58. The van der Waals surface area contributed by atoms with E-state index in [9.17, 15) is 14.0 Å². The van der Waals surface area contributed by atoms with Crippen LogP contribution >= 0.6 is 11.3 Å². The Kier molecular flexibility index (Phi) is 6.84. The number of benzene rings is 1. The smallest absolute Gasteiger partial charge is 0.253 e. The van der Waals surface area contributed by atoms with Crippen molar-refractivity contribution in [3.05, 3.63) is 45.7 Å². The first-order valence-electron chi connectivity index (χ1n) is 9.74.